The first-order chi connectivity index (χ1) is 12.7. The number of fused-ring (bicyclic) bond motifs is 2. The van der Waals surface area contributed by atoms with Crippen molar-refractivity contribution in [3.63, 3.8) is 0 Å². The molecule has 2 heteroatoms. The molecule has 1 aliphatic carbocycles. The summed E-state index contributed by atoms with van der Waals surface area (Å²) >= 11 is 0. The fourth-order valence-electron chi connectivity index (χ4n) is 4.58. The summed E-state index contributed by atoms with van der Waals surface area (Å²) in [5.41, 5.74) is 6.05. The third kappa shape index (κ3) is 4.66. The summed E-state index contributed by atoms with van der Waals surface area (Å²) in [5, 5.41) is 3.51. The molecule has 0 amide bonds. The number of likely N-dealkylation sites (tertiary alicyclic amines) is 1. The van der Waals surface area contributed by atoms with Crippen LogP contribution < -0.4 is 5.32 Å². The van der Waals surface area contributed by atoms with Crippen molar-refractivity contribution in [3.05, 3.63) is 53.7 Å². The number of piperidine rings is 1. The molecule has 2 aliphatic rings. The van der Waals surface area contributed by atoms with E-state index in [-0.39, 0.29) is 0 Å². The van der Waals surface area contributed by atoms with Gasteiger partial charge in [0.05, 0.1) is 0 Å². The van der Waals surface area contributed by atoms with Gasteiger partial charge in [0.25, 0.3) is 0 Å². The molecule has 1 aliphatic heterocycles. The molecule has 3 rings (SSSR count). The molecule has 148 valence electrons. The highest BCUT2D eigenvalue weighted by molar-refractivity contribution is 5.82. The number of nitrogens with one attached hydrogen (secondary N) is 1. The number of benzene rings is 1. The van der Waals surface area contributed by atoms with Crippen LogP contribution in [0.2, 0.25) is 0 Å². The van der Waals surface area contributed by atoms with Crippen LogP contribution in [0.4, 0.5) is 0 Å². The van der Waals surface area contributed by atoms with Crippen molar-refractivity contribution < 1.29 is 0 Å². The van der Waals surface area contributed by atoms with Crippen molar-refractivity contribution in [3.8, 4) is 0 Å². The summed E-state index contributed by atoms with van der Waals surface area (Å²) in [4.78, 5) is 2.68. The van der Waals surface area contributed by atoms with Gasteiger partial charge in [0, 0.05) is 22.7 Å². The van der Waals surface area contributed by atoms with E-state index in [2.05, 4.69) is 81.8 Å². The Hall–Kier alpha value is -1.54. The molecule has 1 spiro atoms. The molecule has 1 aromatic carbocycles. The van der Waals surface area contributed by atoms with Gasteiger partial charge in [-0.2, -0.15) is 0 Å². The zero-order chi connectivity index (χ0) is 19.7. The first-order valence-corrected chi connectivity index (χ1v) is 10.7. The monoisotopic (exact) mass is 366 g/mol. The van der Waals surface area contributed by atoms with Gasteiger partial charge in [-0.3, -0.25) is 0 Å². The van der Waals surface area contributed by atoms with Crippen LogP contribution in [0.5, 0.6) is 0 Å². The smallest absolute Gasteiger partial charge is 0.0345 e. The number of hydrogen-bond donors (Lipinski definition) is 1. The third-order valence-corrected chi connectivity index (χ3v) is 6.26. The standard InChI is InChI=1S/C25H38N2/c1-19(2)26-20(3)21-11-12-25(23-10-8-7-9-22(21)23)14-17-27(18-15-25)16-13-24(4,5)6/h7-11,19,26H,3,12-18H2,1-2,4-6H3. The predicted molar refractivity (Wildman–Crippen MR) is 118 cm³/mol. The SMILES string of the molecule is C=C(NC(C)C)C1=CCC2(CCN(CCC(C)(C)C)CC2)c2ccccc21. The molecule has 1 fully saturated rings. The first-order valence-electron chi connectivity index (χ1n) is 10.7. The number of hydrogen-bond acceptors (Lipinski definition) is 2. The molecule has 0 radical (unpaired) electrons. The summed E-state index contributed by atoms with van der Waals surface area (Å²) in [6.45, 7) is 19.4. The molecule has 1 heterocycles. The van der Waals surface area contributed by atoms with Crippen LogP contribution in [0.1, 0.15) is 71.4 Å². The zero-order valence-electron chi connectivity index (χ0n) is 18.1. The summed E-state index contributed by atoms with van der Waals surface area (Å²) in [6, 6.07) is 9.46. The van der Waals surface area contributed by atoms with Crippen molar-refractivity contribution in [1.29, 1.82) is 0 Å². The summed E-state index contributed by atoms with van der Waals surface area (Å²) in [6.07, 6.45) is 7.40. The molecule has 0 unspecified atom stereocenters. The fraction of sp³-hybridized carbons (Fsp3) is 0.600. The molecule has 0 bridgehead atoms. The second-order valence-corrected chi connectivity index (χ2v) is 10.1. The van der Waals surface area contributed by atoms with Gasteiger partial charge in [0.15, 0.2) is 0 Å². The summed E-state index contributed by atoms with van der Waals surface area (Å²) < 4.78 is 0. The fourth-order valence-corrected chi connectivity index (χ4v) is 4.58. The van der Waals surface area contributed by atoms with Gasteiger partial charge >= 0.3 is 0 Å². The van der Waals surface area contributed by atoms with Gasteiger partial charge in [0.1, 0.15) is 0 Å². The second kappa shape index (κ2) is 7.83. The Morgan fingerprint density at radius 3 is 2.48 bits per heavy atom. The largest absolute Gasteiger partial charge is 0.383 e. The maximum atomic E-state index is 4.32. The Bertz CT molecular complexity index is 697. The van der Waals surface area contributed by atoms with Crippen molar-refractivity contribution in [1.82, 2.24) is 10.2 Å². The van der Waals surface area contributed by atoms with Crippen LogP contribution in [0.3, 0.4) is 0 Å². The number of rotatable bonds is 5. The normalized spacial score (nSPS) is 19.7. The molecule has 1 N–H and O–H groups in total. The Labute approximate surface area is 166 Å². The van der Waals surface area contributed by atoms with Gasteiger partial charge in [0.2, 0.25) is 0 Å². The molecule has 27 heavy (non-hydrogen) atoms. The van der Waals surface area contributed by atoms with E-state index in [1.165, 1.54) is 50.0 Å². The van der Waals surface area contributed by atoms with Crippen molar-refractivity contribution >= 4 is 5.57 Å². The van der Waals surface area contributed by atoms with E-state index in [1.807, 2.05) is 0 Å². The predicted octanol–water partition coefficient (Wildman–Crippen LogP) is 5.76. The molecular weight excluding hydrogens is 328 g/mol. The Balaban J connectivity index is 1.76. The average molecular weight is 367 g/mol. The van der Waals surface area contributed by atoms with E-state index in [1.54, 1.807) is 5.56 Å². The molecule has 1 saturated heterocycles. The minimum atomic E-state index is 0.316. The third-order valence-electron chi connectivity index (χ3n) is 6.26. The van der Waals surface area contributed by atoms with Crippen LogP contribution in [0.15, 0.2) is 42.6 Å². The molecule has 0 aromatic heterocycles. The van der Waals surface area contributed by atoms with Crippen LogP contribution >= 0.6 is 0 Å². The van der Waals surface area contributed by atoms with E-state index < -0.39 is 0 Å². The highest BCUT2D eigenvalue weighted by atomic mass is 15.1. The van der Waals surface area contributed by atoms with Gasteiger partial charge in [-0.15, -0.1) is 0 Å². The van der Waals surface area contributed by atoms with Crippen LogP contribution in [-0.2, 0) is 5.41 Å². The van der Waals surface area contributed by atoms with E-state index >= 15 is 0 Å². The lowest BCUT2D eigenvalue weighted by atomic mass is 9.65. The van der Waals surface area contributed by atoms with E-state index in [0.29, 0.717) is 16.9 Å². The van der Waals surface area contributed by atoms with E-state index in [9.17, 15) is 0 Å². The Morgan fingerprint density at radius 2 is 1.85 bits per heavy atom. The molecule has 2 nitrogen and oxygen atoms in total. The molecule has 0 atom stereocenters. The lowest BCUT2D eigenvalue weighted by Crippen LogP contribution is -2.44. The van der Waals surface area contributed by atoms with Gasteiger partial charge in [-0.1, -0.05) is 57.7 Å². The average Bonchev–Trinajstić information content (AvgIpc) is 2.60. The zero-order valence-corrected chi connectivity index (χ0v) is 18.1. The summed E-state index contributed by atoms with van der Waals surface area (Å²) in [5.74, 6) is 0. The van der Waals surface area contributed by atoms with E-state index in [4.69, 9.17) is 0 Å². The maximum absolute atomic E-state index is 4.32. The minimum Gasteiger partial charge on any atom is -0.383 e. The molecular formula is C25H38N2. The van der Waals surface area contributed by atoms with Crippen molar-refractivity contribution in [2.75, 3.05) is 19.6 Å². The van der Waals surface area contributed by atoms with Gasteiger partial charge < -0.3 is 10.2 Å². The highest BCUT2D eigenvalue weighted by Gasteiger charge is 2.39. The number of allylic oxidation sites excluding steroid dienone is 2. The van der Waals surface area contributed by atoms with Crippen LogP contribution in [-0.4, -0.2) is 30.6 Å². The van der Waals surface area contributed by atoms with Gasteiger partial charge in [-0.05, 0) is 75.7 Å². The van der Waals surface area contributed by atoms with Crippen molar-refractivity contribution in [2.24, 2.45) is 5.41 Å². The highest BCUT2D eigenvalue weighted by Crippen LogP contribution is 2.47. The van der Waals surface area contributed by atoms with Crippen LogP contribution in [0.25, 0.3) is 5.57 Å². The molecule has 1 aromatic rings. The van der Waals surface area contributed by atoms with Crippen molar-refractivity contribution in [2.45, 2.75) is 71.8 Å². The quantitative estimate of drug-likeness (QED) is 0.713. The second-order valence-electron chi connectivity index (χ2n) is 10.1. The lowest BCUT2D eigenvalue weighted by molar-refractivity contribution is 0.142. The minimum absolute atomic E-state index is 0.316. The first kappa shape index (κ1) is 20.2. The maximum Gasteiger partial charge on any atom is 0.0345 e. The van der Waals surface area contributed by atoms with E-state index in [0.717, 1.165) is 12.1 Å². The topological polar surface area (TPSA) is 15.3 Å². The number of nitrogens with zero attached hydrogens (tertiary/aromatic N) is 1. The Morgan fingerprint density at radius 1 is 1.19 bits per heavy atom. The Kier molecular flexibility index (Phi) is 5.86. The lowest BCUT2D eigenvalue weighted by Gasteiger charge is -2.45. The van der Waals surface area contributed by atoms with Gasteiger partial charge in [-0.25, -0.2) is 0 Å². The van der Waals surface area contributed by atoms with Crippen LogP contribution in [0, 0.1) is 5.41 Å². The molecule has 0 saturated carbocycles. The summed E-state index contributed by atoms with van der Waals surface area (Å²) in [7, 11) is 0.